The number of aromatic amines is 1. The number of hydrogen-bond acceptors (Lipinski definition) is 9. The Morgan fingerprint density at radius 3 is 2.50 bits per heavy atom. The van der Waals surface area contributed by atoms with Gasteiger partial charge in [-0.2, -0.15) is 0 Å². The molecule has 2 aliphatic heterocycles. The van der Waals surface area contributed by atoms with E-state index in [1.165, 1.54) is 12.0 Å². The van der Waals surface area contributed by atoms with Crippen LogP contribution in [-0.2, 0) is 30.2 Å². The Morgan fingerprint density at radius 2 is 1.78 bits per heavy atom. The summed E-state index contributed by atoms with van der Waals surface area (Å²) in [7, 11) is 3.05. The zero-order valence-electron chi connectivity index (χ0n) is 30.5. The van der Waals surface area contributed by atoms with Crippen LogP contribution in [0.4, 0.5) is 4.79 Å². The second kappa shape index (κ2) is 17.0. The smallest absolute Gasteiger partial charge is 0.408 e. The second-order valence-electron chi connectivity index (χ2n) is 15.2. The quantitative estimate of drug-likeness (QED) is 0.198. The number of amides is 2. The summed E-state index contributed by atoms with van der Waals surface area (Å²) in [6.45, 7) is 9.63. The van der Waals surface area contributed by atoms with Crippen molar-refractivity contribution in [3.63, 3.8) is 0 Å². The number of carbonyl (C=O) groups excluding carboxylic acids is 3. The fraction of sp³-hybridized carbons (Fsp3) is 0.684. The van der Waals surface area contributed by atoms with Gasteiger partial charge in [-0.05, 0) is 74.8 Å². The van der Waals surface area contributed by atoms with Crippen LogP contribution >= 0.6 is 0 Å². The average Bonchev–Trinajstić information content (AvgIpc) is 3.62. The number of benzene rings is 1. The molecule has 1 aromatic carbocycles. The van der Waals surface area contributed by atoms with Gasteiger partial charge in [-0.3, -0.25) is 9.59 Å². The number of alkyl carbamates (subject to hydrolysis) is 1. The molecule has 12 nitrogen and oxygen atoms in total. The Bertz CT molecular complexity index is 1530. The SMILES string of the molecule is COCCN1CCC(Oc2c(CCCCCC3CC3OC(=O)NC(C(=O)N3CCCC3C(=O)OC)C(C)(C)C)c(=O)[nH]c3ccccc23)CC1. The Hall–Kier alpha value is -3.64. The molecule has 1 saturated carbocycles. The van der Waals surface area contributed by atoms with Crippen molar-refractivity contribution in [1.82, 2.24) is 20.1 Å². The summed E-state index contributed by atoms with van der Waals surface area (Å²) in [4.78, 5) is 58.9. The van der Waals surface area contributed by atoms with Crippen LogP contribution in [0.5, 0.6) is 5.75 Å². The van der Waals surface area contributed by atoms with Gasteiger partial charge < -0.3 is 39.0 Å². The van der Waals surface area contributed by atoms with Gasteiger partial charge in [-0.25, -0.2) is 9.59 Å². The molecule has 2 N–H and O–H groups in total. The van der Waals surface area contributed by atoms with Crippen LogP contribution in [0.2, 0.25) is 0 Å². The summed E-state index contributed by atoms with van der Waals surface area (Å²) in [6.07, 6.45) is 7.46. The lowest BCUT2D eigenvalue weighted by Gasteiger charge is -2.34. The monoisotopic (exact) mass is 696 g/mol. The third kappa shape index (κ3) is 9.57. The summed E-state index contributed by atoms with van der Waals surface area (Å²) < 4.78 is 22.5. The van der Waals surface area contributed by atoms with Crippen molar-refractivity contribution in [2.45, 2.75) is 109 Å². The molecule has 3 fully saturated rings. The highest BCUT2D eigenvalue weighted by molar-refractivity contribution is 5.91. The fourth-order valence-corrected chi connectivity index (χ4v) is 7.32. The Morgan fingerprint density at radius 1 is 1.02 bits per heavy atom. The topological polar surface area (TPSA) is 140 Å². The van der Waals surface area contributed by atoms with Crippen LogP contribution in [0.3, 0.4) is 0 Å². The summed E-state index contributed by atoms with van der Waals surface area (Å²) in [5.41, 5.74) is 0.832. The highest BCUT2D eigenvalue weighted by Crippen LogP contribution is 2.39. The standard InChI is InChI=1S/C38H56N4O8/c1-38(2,3)33(35(44)42-19-11-16-30(42)36(45)48-5)40-37(46)50-31-24-25(31)12-7-6-8-14-28-32(27-13-9-10-15-29(27)39-34(28)43)49-26-17-20-41(21-18-26)22-23-47-4/h9-10,13,15,25-26,30-31,33H,6-8,11-12,14,16-24H2,1-5H3,(H,39,43)(H,40,46). The minimum absolute atomic E-state index is 0.0653. The molecule has 4 atom stereocenters. The minimum atomic E-state index is -0.835. The number of piperidine rings is 1. The van der Waals surface area contributed by atoms with Gasteiger partial charge in [0.05, 0.1) is 24.8 Å². The molecule has 50 heavy (non-hydrogen) atoms. The van der Waals surface area contributed by atoms with Crippen LogP contribution in [0.1, 0.15) is 84.1 Å². The highest BCUT2D eigenvalue weighted by Gasteiger charge is 2.44. The minimum Gasteiger partial charge on any atom is -0.489 e. The lowest BCUT2D eigenvalue weighted by Crippen LogP contribution is -2.57. The first-order valence-corrected chi connectivity index (χ1v) is 18.4. The predicted octanol–water partition coefficient (Wildman–Crippen LogP) is 4.81. The molecular formula is C38H56N4O8. The number of pyridine rings is 1. The van der Waals surface area contributed by atoms with E-state index in [1.807, 2.05) is 45.0 Å². The lowest BCUT2D eigenvalue weighted by molar-refractivity contribution is -0.152. The number of nitrogens with one attached hydrogen (secondary N) is 2. The van der Waals surface area contributed by atoms with Crippen molar-refractivity contribution in [2.24, 2.45) is 11.3 Å². The zero-order valence-corrected chi connectivity index (χ0v) is 30.5. The summed E-state index contributed by atoms with van der Waals surface area (Å²) in [6, 6.07) is 6.38. The molecule has 2 aromatic rings. The number of fused-ring (bicyclic) bond motifs is 1. The largest absolute Gasteiger partial charge is 0.489 e. The molecule has 2 amide bonds. The third-order valence-electron chi connectivity index (χ3n) is 10.4. The van der Waals surface area contributed by atoms with Crippen LogP contribution < -0.4 is 15.6 Å². The summed E-state index contributed by atoms with van der Waals surface area (Å²) in [5, 5.41) is 3.75. The van der Waals surface area contributed by atoms with E-state index >= 15 is 0 Å². The molecule has 276 valence electrons. The normalized spacial score (nSPS) is 21.9. The molecule has 0 spiro atoms. The van der Waals surface area contributed by atoms with Gasteiger partial charge in [-0.15, -0.1) is 0 Å². The maximum absolute atomic E-state index is 13.5. The first-order valence-electron chi connectivity index (χ1n) is 18.4. The van der Waals surface area contributed by atoms with Crippen molar-refractivity contribution in [3.8, 4) is 5.75 Å². The third-order valence-corrected chi connectivity index (χ3v) is 10.4. The van der Waals surface area contributed by atoms with E-state index in [4.69, 9.17) is 18.9 Å². The number of para-hydroxylation sites is 1. The number of ether oxygens (including phenoxy) is 4. The van der Waals surface area contributed by atoms with E-state index in [1.54, 1.807) is 7.11 Å². The Labute approximate surface area is 295 Å². The fourth-order valence-electron chi connectivity index (χ4n) is 7.32. The highest BCUT2D eigenvalue weighted by atomic mass is 16.6. The van der Waals surface area contributed by atoms with Crippen molar-refractivity contribution in [3.05, 3.63) is 40.2 Å². The summed E-state index contributed by atoms with van der Waals surface area (Å²) in [5.74, 6) is 0.273. The molecule has 2 saturated heterocycles. The van der Waals surface area contributed by atoms with Crippen LogP contribution in [0.15, 0.2) is 29.1 Å². The Balaban J connectivity index is 1.08. The van der Waals surface area contributed by atoms with E-state index in [2.05, 4.69) is 15.2 Å². The molecule has 12 heteroatoms. The number of aromatic nitrogens is 1. The predicted molar refractivity (Wildman–Crippen MR) is 190 cm³/mol. The maximum Gasteiger partial charge on any atom is 0.408 e. The Kier molecular flexibility index (Phi) is 12.8. The van der Waals surface area contributed by atoms with Gasteiger partial charge in [0.2, 0.25) is 5.91 Å². The van der Waals surface area contributed by atoms with E-state index in [-0.39, 0.29) is 29.6 Å². The van der Waals surface area contributed by atoms with Crippen LogP contribution in [0.25, 0.3) is 10.9 Å². The lowest BCUT2D eigenvalue weighted by atomic mass is 9.85. The first kappa shape index (κ1) is 37.6. The number of rotatable bonds is 15. The molecule has 4 unspecified atom stereocenters. The van der Waals surface area contributed by atoms with Crippen molar-refractivity contribution in [1.29, 1.82) is 0 Å². The van der Waals surface area contributed by atoms with Gasteiger partial charge >= 0.3 is 12.1 Å². The number of esters is 1. The average molecular weight is 697 g/mol. The molecular weight excluding hydrogens is 640 g/mol. The molecule has 3 heterocycles. The molecule has 0 radical (unpaired) electrons. The zero-order chi connectivity index (χ0) is 35.8. The second-order valence-corrected chi connectivity index (χ2v) is 15.2. The van der Waals surface area contributed by atoms with Gasteiger partial charge in [-0.1, -0.05) is 45.7 Å². The molecule has 1 aliphatic carbocycles. The molecule has 1 aromatic heterocycles. The van der Waals surface area contributed by atoms with Gasteiger partial charge in [0.1, 0.15) is 30.0 Å². The molecule has 0 bridgehead atoms. The first-order chi connectivity index (χ1) is 24.0. The summed E-state index contributed by atoms with van der Waals surface area (Å²) >= 11 is 0. The number of H-pyrrole nitrogens is 1. The van der Waals surface area contributed by atoms with Crippen LogP contribution in [0, 0.1) is 11.3 Å². The van der Waals surface area contributed by atoms with Crippen molar-refractivity contribution in [2.75, 3.05) is 47.0 Å². The van der Waals surface area contributed by atoms with Gasteiger partial charge in [0.15, 0.2) is 0 Å². The number of carbonyl (C=O) groups is 3. The molecule has 5 rings (SSSR count). The van der Waals surface area contributed by atoms with Crippen LogP contribution in [-0.4, -0.2) is 104 Å². The van der Waals surface area contributed by atoms with E-state index < -0.39 is 29.6 Å². The number of hydrogen-bond donors (Lipinski definition) is 2. The number of nitrogens with zero attached hydrogens (tertiary/aromatic N) is 2. The van der Waals surface area contributed by atoms with E-state index in [0.717, 1.165) is 87.8 Å². The number of methoxy groups -OCH3 is 2. The van der Waals surface area contributed by atoms with E-state index in [0.29, 0.717) is 31.4 Å². The molecule has 3 aliphatic rings. The maximum atomic E-state index is 13.5. The van der Waals surface area contributed by atoms with E-state index in [9.17, 15) is 19.2 Å². The van der Waals surface area contributed by atoms with Crippen molar-refractivity contribution >= 4 is 28.9 Å². The van der Waals surface area contributed by atoms with Gasteiger partial charge in [0.25, 0.3) is 5.56 Å². The number of unbranched alkanes of at least 4 members (excludes halogenated alkanes) is 2. The van der Waals surface area contributed by atoms with Crippen molar-refractivity contribution < 1.29 is 33.3 Å². The number of likely N-dealkylation sites (tertiary alicyclic amines) is 2. The van der Waals surface area contributed by atoms with Gasteiger partial charge in [0, 0.05) is 38.7 Å².